The van der Waals surface area contributed by atoms with E-state index in [4.69, 9.17) is 34.8 Å². The van der Waals surface area contributed by atoms with Gasteiger partial charge < -0.3 is 5.32 Å². The number of hydrogen-bond acceptors (Lipinski definition) is 2. The van der Waals surface area contributed by atoms with Crippen molar-refractivity contribution in [2.45, 2.75) is 17.6 Å². The van der Waals surface area contributed by atoms with Gasteiger partial charge in [-0.05, 0) is 5.56 Å². The molecule has 6 heteroatoms. The Hall–Kier alpha value is -1.03. The Morgan fingerprint density at radius 2 is 1.70 bits per heavy atom. The number of carbonyl (C=O) groups is 2. The number of allylic oxidation sites excluding steroid dienone is 1. The lowest BCUT2D eigenvalue weighted by Gasteiger charge is -2.12. The Labute approximate surface area is 132 Å². The first-order chi connectivity index (χ1) is 9.23. The van der Waals surface area contributed by atoms with Gasteiger partial charge in [0.05, 0.1) is 0 Å². The van der Waals surface area contributed by atoms with E-state index < -0.39 is 9.70 Å². The van der Waals surface area contributed by atoms with Crippen molar-refractivity contribution in [2.75, 3.05) is 0 Å². The molecule has 1 amide bonds. The molecule has 0 atom stereocenters. The second kappa shape index (κ2) is 7.11. The zero-order chi connectivity index (χ0) is 15.3. The molecule has 1 N–H and O–H groups in total. The maximum Gasteiger partial charge on any atom is 0.276 e. The van der Waals surface area contributed by atoms with Crippen LogP contribution in [-0.4, -0.2) is 15.5 Å². The van der Waals surface area contributed by atoms with Crippen LogP contribution >= 0.6 is 34.8 Å². The van der Waals surface area contributed by atoms with Gasteiger partial charge in [0, 0.05) is 17.7 Å². The molecule has 0 bridgehead atoms. The SMILES string of the molecule is CC(C)C(=O)/C(=C\NC(=O)C(Cl)(Cl)Cl)c1ccccc1. The molecule has 1 aromatic rings. The van der Waals surface area contributed by atoms with Crippen LogP contribution in [0.1, 0.15) is 19.4 Å². The highest BCUT2D eigenvalue weighted by atomic mass is 35.6. The standard InChI is InChI=1S/C14H14Cl3NO2/c1-9(2)12(19)11(10-6-4-3-5-7-10)8-18-13(20)14(15,16)17/h3-9H,1-2H3,(H,18,20)/b11-8-. The van der Waals surface area contributed by atoms with Crippen LogP contribution in [0.2, 0.25) is 0 Å². The van der Waals surface area contributed by atoms with Crippen LogP contribution in [0.4, 0.5) is 0 Å². The number of carbonyl (C=O) groups excluding carboxylic acids is 2. The van der Waals surface area contributed by atoms with Gasteiger partial charge in [-0.1, -0.05) is 79.0 Å². The molecule has 0 saturated carbocycles. The summed E-state index contributed by atoms with van der Waals surface area (Å²) >= 11 is 16.4. The Kier molecular flexibility index (Phi) is 6.06. The first kappa shape index (κ1) is 17.0. The zero-order valence-corrected chi connectivity index (χ0v) is 13.3. The lowest BCUT2D eigenvalue weighted by Crippen LogP contribution is -2.31. The van der Waals surface area contributed by atoms with Crippen molar-refractivity contribution in [3.8, 4) is 0 Å². The molecular formula is C14H14Cl3NO2. The van der Waals surface area contributed by atoms with Gasteiger partial charge in [0.2, 0.25) is 0 Å². The summed E-state index contributed by atoms with van der Waals surface area (Å²) in [6.45, 7) is 3.55. The van der Waals surface area contributed by atoms with Crippen molar-refractivity contribution in [2.24, 2.45) is 5.92 Å². The van der Waals surface area contributed by atoms with Gasteiger partial charge in [-0.15, -0.1) is 0 Å². The highest BCUT2D eigenvalue weighted by Gasteiger charge is 2.30. The minimum absolute atomic E-state index is 0.110. The highest BCUT2D eigenvalue weighted by molar-refractivity contribution is 6.76. The summed E-state index contributed by atoms with van der Waals surface area (Å²) in [7, 11) is 0. The van der Waals surface area contributed by atoms with E-state index in [2.05, 4.69) is 5.32 Å². The van der Waals surface area contributed by atoms with Crippen molar-refractivity contribution in [1.29, 1.82) is 0 Å². The van der Waals surface area contributed by atoms with Crippen LogP contribution in [0.5, 0.6) is 0 Å². The molecule has 3 nitrogen and oxygen atoms in total. The van der Waals surface area contributed by atoms with Gasteiger partial charge >= 0.3 is 0 Å². The number of benzene rings is 1. The van der Waals surface area contributed by atoms with Crippen LogP contribution in [0.15, 0.2) is 36.5 Å². The summed E-state index contributed by atoms with van der Waals surface area (Å²) < 4.78 is -2.07. The topological polar surface area (TPSA) is 46.2 Å². The largest absolute Gasteiger partial charge is 0.328 e. The molecule has 0 aliphatic rings. The molecule has 1 rings (SSSR count). The van der Waals surface area contributed by atoms with E-state index in [0.717, 1.165) is 0 Å². The van der Waals surface area contributed by atoms with Crippen molar-refractivity contribution >= 4 is 52.1 Å². The van der Waals surface area contributed by atoms with Gasteiger partial charge in [0.25, 0.3) is 9.70 Å². The summed E-state index contributed by atoms with van der Waals surface area (Å²) in [5.41, 5.74) is 1.05. The normalized spacial score (nSPS) is 12.4. The van der Waals surface area contributed by atoms with Crippen LogP contribution < -0.4 is 5.32 Å². The monoisotopic (exact) mass is 333 g/mol. The number of rotatable bonds is 4. The van der Waals surface area contributed by atoms with Crippen molar-refractivity contribution in [3.05, 3.63) is 42.1 Å². The first-order valence-corrected chi connectivity index (χ1v) is 7.04. The van der Waals surface area contributed by atoms with E-state index in [9.17, 15) is 9.59 Å². The molecule has 0 aromatic heterocycles. The molecule has 0 spiro atoms. The first-order valence-electron chi connectivity index (χ1n) is 5.91. The minimum atomic E-state index is -2.07. The number of amides is 1. The second-order valence-corrected chi connectivity index (χ2v) is 6.70. The molecule has 0 aliphatic carbocycles. The molecule has 1 aromatic carbocycles. The molecule has 0 radical (unpaired) electrons. The molecule has 108 valence electrons. The van der Waals surface area contributed by atoms with Crippen molar-refractivity contribution in [1.82, 2.24) is 5.32 Å². The van der Waals surface area contributed by atoms with Crippen LogP contribution in [0, 0.1) is 5.92 Å². The van der Waals surface area contributed by atoms with Gasteiger partial charge in [-0.25, -0.2) is 0 Å². The van der Waals surface area contributed by atoms with Crippen LogP contribution in [-0.2, 0) is 9.59 Å². The van der Waals surface area contributed by atoms with E-state index >= 15 is 0 Å². The third-order valence-electron chi connectivity index (χ3n) is 2.48. The molecule has 0 saturated heterocycles. The smallest absolute Gasteiger partial charge is 0.276 e. The molecular weight excluding hydrogens is 321 g/mol. The molecule has 0 fully saturated rings. The predicted octanol–water partition coefficient (Wildman–Crippen LogP) is 3.74. The van der Waals surface area contributed by atoms with Crippen LogP contribution in [0.3, 0.4) is 0 Å². The third kappa shape index (κ3) is 4.82. The summed E-state index contributed by atoms with van der Waals surface area (Å²) in [6, 6.07) is 8.98. The Bertz CT molecular complexity index is 519. The lowest BCUT2D eigenvalue weighted by atomic mass is 9.96. The Morgan fingerprint density at radius 3 is 2.15 bits per heavy atom. The summed E-state index contributed by atoms with van der Waals surface area (Å²) in [4.78, 5) is 23.7. The van der Waals surface area contributed by atoms with Crippen LogP contribution in [0.25, 0.3) is 5.57 Å². The maximum absolute atomic E-state index is 12.2. The number of Topliss-reactive ketones (excluding diaryl/α,β-unsaturated/α-hetero) is 1. The highest BCUT2D eigenvalue weighted by Crippen LogP contribution is 2.26. The van der Waals surface area contributed by atoms with E-state index in [1.165, 1.54) is 6.20 Å². The number of hydrogen-bond donors (Lipinski definition) is 1. The van der Waals surface area contributed by atoms with E-state index in [-0.39, 0.29) is 11.7 Å². The Balaban J connectivity index is 3.07. The van der Waals surface area contributed by atoms with Crippen molar-refractivity contribution < 1.29 is 9.59 Å². The second-order valence-electron chi connectivity index (χ2n) is 4.41. The van der Waals surface area contributed by atoms with E-state index in [0.29, 0.717) is 11.1 Å². The quantitative estimate of drug-likeness (QED) is 0.673. The number of halogens is 3. The van der Waals surface area contributed by atoms with Gasteiger partial charge in [0.15, 0.2) is 5.78 Å². The predicted molar refractivity (Wildman–Crippen MR) is 82.7 cm³/mol. The molecule has 0 unspecified atom stereocenters. The molecule has 0 heterocycles. The average molecular weight is 335 g/mol. The summed E-state index contributed by atoms with van der Waals surface area (Å²) in [5.74, 6) is -1.14. The fourth-order valence-corrected chi connectivity index (χ4v) is 1.61. The van der Waals surface area contributed by atoms with E-state index in [1.807, 2.05) is 6.07 Å². The summed E-state index contributed by atoms with van der Waals surface area (Å²) in [5, 5.41) is 2.34. The van der Waals surface area contributed by atoms with Crippen molar-refractivity contribution in [3.63, 3.8) is 0 Å². The average Bonchev–Trinajstić information content (AvgIpc) is 2.38. The fourth-order valence-electron chi connectivity index (χ4n) is 1.44. The van der Waals surface area contributed by atoms with Gasteiger partial charge in [-0.3, -0.25) is 9.59 Å². The Morgan fingerprint density at radius 1 is 1.15 bits per heavy atom. The molecule has 0 aliphatic heterocycles. The van der Waals surface area contributed by atoms with E-state index in [1.54, 1.807) is 38.1 Å². The lowest BCUT2D eigenvalue weighted by molar-refractivity contribution is -0.119. The number of nitrogens with one attached hydrogen (secondary N) is 1. The fraction of sp³-hybridized carbons (Fsp3) is 0.286. The zero-order valence-electron chi connectivity index (χ0n) is 11.0. The summed E-state index contributed by atoms with van der Waals surface area (Å²) in [6.07, 6.45) is 1.28. The number of alkyl halides is 3. The maximum atomic E-state index is 12.2. The number of ketones is 1. The third-order valence-corrected chi connectivity index (χ3v) is 2.99. The molecule has 20 heavy (non-hydrogen) atoms. The minimum Gasteiger partial charge on any atom is -0.328 e. The van der Waals surface area contributed by atoms with Gasteiger partial charge in [-0.2, -0.15) is 0 Å². The van der Waals surface area contributed by atoms with Gasteiger partial charge in [0.1, 0.15) is 0 Å².